The molecule has 17 heavy (non-hydrogen) atoms. The van der Waals surface area contributed by atoms with E-state index in [-0.39, 0.29) is 18.5 Å². The van der Waals surface area contributed by atoms with Crippen LogP contribution in [0.4, 0.5) is 0 Å². The van der Waals surface area contributed by atoms with Crippen molar-refractivity contribution >= 4 is 5.91 Å². The van der Waals surface area contributed by atoms with Gasteiger partial charge in [-0.05, 0) is 19.8 Å². The van der Waals surface area contributed by atoms with E-state index in [2.05, 4.69) is 5.16 Å². The van der Waals surface area contributed by atoms with Crippen molar-refractivity contribution in [2.24, 2.45) is 0 Å². The lowest BCUT2D eigenvalue weighted by Crippen LogP contribution is -2.39. The quantitative estimate of drug-likeness (QED) is 0.747. The number of carbonyl (C=O) groups excluding carboxylic acids is 1. The molecule has 1 aliphatic rings. The highest BCUT2D eigenvalue weighted by atomic mass is 16.5. The fourth-order valence-corrected chi connectivity index (χ4v) is 2.27. The molecule has 1 fully saturated rings. The lowest BCUT2D eigenvalue weighted by Gasteiger charge is -2.25. The minimum atomic E-state index is -0.199. The Morgan fingerprint density at radius 2 is 2.35 bits per heavy atom. The Balaban J connectivity index is 2.15. The highest BCUT2D eigenvalue weighted by Crippen LogP contribution is 2.24. The molecule has 0 radical (unpaired) electrons. The third-order valence-electron chi connectivity index (χ3n) is 3.11. The summed E-state index contributed by atoms with van der Waals surface area (Å²) in [6, 6.07) is 3.84. The van der Waals surface area contributed by atoms with Crippen LogP contribution in [0.1, 0.15) is 41.9 Å². The molecular weight excluding hydrogens is 218 g/mol. The number of nitrogens with zero attached hydrogens (tertiary/aromatic N) is 3. The molecule has 0 N–H and O–H groups in total. The molecular formula is C12H15N3O2. The van der Waals surface area contributed by atoms with Gasteiger partial charge in [-0.3, -0.25) is 4.79 Å². The summed E-state index contributed by atoms with van der Waals surface area (Å²) < 4.78 is 4.90. The average Bonchev–Trinajstić information content (AvgIpc) is 2.95. The molecule has 0 aliphatic heterocycles. The van der Waals surface area contributed by atoms with E-state index in [1.165, 1.54) is 0 Å². The van der Waals surface area contributed by atoms with Crippen molar-refractivity contribution in [3.63, 3.8) is 0 Å². The Hall–Kier alpha value is -1.83. The van der Waals surface area contributed by atoms with E-state index < -0.39 is 0 Å². The molecule has 0 bridgehead atoms. The van der Waals surface area contributed by atoms with Gasteiger partial charge >= 0.3 is 0 Å². The van der Waals surface area contributed by atoms with Crippen LogP contribution >= 0.6 is 0 Å². The number of aryl methyl sites for hydroxylation is 1. The Morgan fingerprint density at radius 3 is 2.88 bits per heavy atom. The van der Waals surface area contributed by atoms with Crippen molar-refractivity contribution in [2.75, 3.05) is 6.54 Å². The second-order valence-electron chi connectivity index (χ2n) is 4.35. The fourth-order valence-electron chi connectivity index (χ4n) is 2.27. The van der Waals surface area contributed by atoms with Gasteiger partial charge in [0.15, 0.2) is 5.69 Å². The first-order valence-corrected chi connectivity index (χ1v) is 5.83. The molecule has 1 aromatic heterocycles. The van der Waals surface area contributed by atoms with E-state index >= 15 is 0 Å². The molecule has 5 nitrogen and oxygen atoms in total. The van der Waals surface area contributed by atoms with E-state index in [0.29, 0.717) is 11.5 Å². The first kappa shape index (κ1) is 11.6. The molecule has 0 atom stereocenters. The lowest BCUT2D eigenvalue weighted by atomic mass is 10.2. The van der Waals surface area contributed by atoms with Crippen molar-refractivity contribution in [3.8, 4) is 6.07 Å². The molecule has 5 heteroatoms. The van der Waals surface area contributed by atoms with Gasteiger partial charge in [0.25, 0.3) is 5.91 Å². The standard InChI is InChI=1S/C12H15N3O2/c1-9-8-11(14-17-9)12(16)15(7-6-13)10-4-2-3-5-10/h8,10H,2-5,7H2,1H3. The van der Waals surface area contributed by atoms with E-state index in [9.17, 15) is 4.79 Å². The second kappa shape index (κ2) is 5.00. The minimum Gasteiger partial charge on any atom is -0.361 e. The molecule has 0 unspecified atom stereocenters. The predicted octanol–water partition coefficient (Wildman–Crippen LogP) is 1.89. The molecule has 0 aromatic carbocycles. The lowest BCUT2D eigenvalue weighted by molar-refractivity contribution is 0.0699. The first-order valence-electron chi connectivity index (χ1n) is 5.83. The summed E-state index contributed by atoms with van der Waals surface area (Å²) in [6.45, 7) is 1.86. The maximum absolute atomic E-state index is 12.2. The van der Waals surface area contributed by atoms with Crippen LogP contribution in [0.2, 0.25) is 0 Å². The van der Waals surface area contributed by atoms with E-state index in [1.807, 2.05) is 6.07 Å². The fraction of sp³-hybridized carbons (Fsp3) is 0.583. The molecule has 90 valence electrons. The maximum atomic E-state index is 12.2. The zero-order valence-electron chi connectivity index (χ0n) is 9.85. The molecule has 1 amide bonds. The summed E-state index contributed by atoms with van der Waals surface area (Å²) in [6.07, 6.45) is 4.20. The number of rotatable bonds is 3. The van der Waals surface area contributed by atoms with Crippen LogP contribution in [-0.4, -0.2) is 28.6 Å². The largest absolute Gasteiger partial charge is 0.361 e. The van der Waals surface area contributed by atoms with Crippen LogP contribution in [0, 0.1) is 18.3 Å². The number of aromatic nitrogens is 1. The molecule has 2 rings (SSSR count). The van der Waals surface area contributed by atoms with Crippen molar-refractivity contribution in [2.45, 2.75) is 38.6 Å². The number of carbonyl (C=O) groups is 1. The van der Waals surface area contributed by atoms with Crippen LogP contribution < -0.4 is 0 Å². The third-order valence-corrected chi connectivity index (χ3v) is 3.11. The van der Waals surface area contributed by atoms with E-state index in [0.717, 1.165) is 25.7 Å². The smallest absolute Gasteiger partial charge is 0.277 e. The summed E-state index contributed by atoms with van der Waals surface area (Å²) >= 11 is 0. The molecule has 1 heterocycles. The predicted molar refractivity (Wildman–Crippen MR) is 60.1 cm³/mol. The van der Waals surface area contributed by atoms with Gasteiger partial charge in [0.05, 0.1) is 6.07 Å². The van der Waals surface area contributed by atoms with Crippen LogP contribution in [0.5, 0.6) is 0 Å². The van der Waals surface area contributed by atoms with Crippen molar-refractivity contribution in [1.29, 1.82) is 5.26 Å². The Labute approximate surface area is 100.0 Å². The van der Waals surface area contributed by atoms with Crippen molar-refractivity contribution in [1.82, 2.24) is 10.1 Å². The van der Waals surface area contributed by atoms with Crippen molar-refractivity contribution in [3.05, 3.63) is 17.5 Å². The van der Waals surface area contributed by atoms with Gasteiger partial charge in [-0.1, -0.05) is 18.0 Å². The van der Waals surface area contributed by atoms with Crippen LogP contribution in [0.25, 0.3) is 0 Å². The third kappa shape index (κ3) is 2.47. The van der Waals surface area contributed by atoms with Gasteiger partial charge in [0.2, 0.25) is 0 Å². The summed E-state index contributed by atoms with van der Waals surface area (Å²) in [5.74, 6) is 0.409. The zero-order chi connectivity index (χ0) is 12.3. The summed E-state index contributed by atoms with van der Waals surface area (Å²) in [4.78, 5) is 13.8. The highest BCUT2D eigenvalue weighted by Gasteiger charge is 2.28. The van der Waals surface area contributed by atoms with Crippen LogP contribution in [-0.2, 0) is 0 Å². The Bertz CT molecular complexity index is 441. The van der Waals surface area contributed by atoms with Gasteiger partial charge in [-0.25, -0.2) is 0 Å². The molecule has 1 saturated carbocycles. The number of amides is 1. The second-order valence-corrected chi connectivity index (χ2v) is 4.35. The summed E-state index contributed by atoms with van der Waals surface area (Å²) in [5, 5.41) is 12.5. The zero-order valence-corrected chi connectivity index (χ0v) is 9.85. The molecule has 1 aliphatic carbocycles. The SMILES string of the molecule is Cc1cc(C(=O)N(CC#N)C2CCCC2)no1. The number of hydrogen-bond donors (Lipinski definition) is 0. The Morgan fingerprint density at radius 1 is 1.65 bits per heavy atom. The summed E-state index contributed by atoms with van der Waals surface area (Å²) in [7, 11) is 0. The summed E-state index contributed by atoms with van der Waals surface area (Å²) in [5.41, 5.74) is 0.296. The van der Waals surface area contributed by atoms with E-state index in [4.69, 9.17) is 9.78 Å². The number of nitriles is 1. The van der Waals surface area contributed by atoms with Crippen LogP contribution in [0.15, 0.2) is 10.6 Å². The van der Waals surface area contributed by atoms with Gasteiger partial charge in [-0.2, -0.15) is 5.26 Å². The Kier molecular flexibility index (Phi) is 3.43. The molecule has 1 aromatic rings. The first-order chi connectivity index (χ1) is 8.22. The van der Waals surface area contributed by atoms with Crippen LogP contribution in [0.3, 0.4) is 0 Å². The minimum absolute atomic E-state index is 0.120. The molecule has 0 saturated heterocycles. The highest BCUT2D eigenvalue weighted by molar-refractivity contribution is 5.92. The van der Waals surface area contributed by atoms with Gasteiger partial charge in [0.1, 0.15) is 12.3 Å². The number of hydrogen-bond acceptors (Lipinski definition) is 4. The van der Waals surface area contributed by atoms with Gasteiger partial charge < -0.3 is 9.42 Å². The van der Waals surface area contributed by atoms with E-state index in [1.54, 1.807) is 17.9 Å². The molecule has 0 spiro atoms. The topological polar surface area (TPSA) is 70.1 Å². The van der Waals surface area contributed by atoms with Crippen molar-refractivity contribution < 1.29 is 9.32 Å². The van der Waals surface area contributed by atoms with Gasteiger partial charge in [-0.15, -0.1) is 0 Å². The normalized spacial score (nSPS) is 15.8. The maximum Gasteiger partial charge on any atom is 0.277 e. The average molecular weight is 233 g/mol. The van der Waals surface area contributed by atoms with Gasteiger partial charge in [0, 0.05) is 12.1 Å². The monoisotopic (exact) mass is 233 g/mol.